The Morgan fingerprint density at radius 1 is 1.47 bits per heavy atom. The molecule has 1 aromatic heterocycles. The Hall–Kier alpha value is -1.92. The minimum atomic E-state index is -0.229. The molecule has 4 N–H and O–H groups in total. The summed E-state index contributed by atoms with van der Waals surface area (Å²) in [7, 11) is 0. The summed E-state index contributed by atoms with van der Waals surface area (Å²) in [5.41, 5.74) is 4.64. The molecule has 1 amide bonds. The third-order valence-corrected chi connectivity index (χ3v) is 2.92. The molecule has 1 aromatic carbocycles. The van der Waals surface area contributed by atoms with Crippen molar-refractivity contribution in [3.05, 3.63) is 40.9 Å². The van der Waals surface area contributed by atoms with Gasteiger partial charge in [-0.05, 0) is 24.6 Å². The van der Waals surface area contributed by atoms with Gasteiger partial charge in [-0.1, -0.05) is 6.07 Å². The highest BCUT2D eigenvalue weighted by Gasteiger charge is 2.12. The predicted molar refractivity (Wildman–Crippen MR) is 69.1 cm³/mol. The Morgan fingerprint density at radius 3 is 2.94 bits per heavy atom. The lowest BCUT2D eigenvalue weighted by atomic mass is 10.1. The summed E-state index contributed by atoms with van der Waals surface area (Å²) in [4.78, 5) is 16.0. The average Bonchev–Trinajstić information content (AvgIpc) is 2.81. The number of aryl methyl sites for hydroxylation is 1. The summed E-state index contributed by atoms with van der Waals surface area (Å²) < 4.78 is 0. The van der Waals surface area contributed by atoms with E-state index in [0.717, 1.165) is 5.56 Å². The number of nitrogens with two attached hydrogens (primary N) is 1. The van der Waals surface area contributed by atoms with Gasteiger partial charge in [0.25, 0.3) is 5.91 Å². The van der Waals surface area contributed by atoms with Crippen LogP contribution >= 0.6 is 11.3 Å². The summed E-state index contributed by atoms with van der Waals surface area (Å²) in [5, 5.41) is 5.07. The highest BCUT2D eigenvalue weighted by Crippen LogP contribution is 2.19. The maximum absolute atomic E-state index is 12.0. The maximum Gasteiger partial charge on any atom is 0.259 e. The zero-order valence-electron chi connectivity index (χ0n) is 9.23. The molecule has 0 aliphatic carbocycles. The van der Waals surface area contributed by atoms with Gasteiger partial charge >= 0.3 is 0 Å². The third kappa shape index (κ3) is 2.61. The monoisotopic (exact) mass is 248 g/mol. The molecule has 0 saturated heterocycles. The van der Waals surface area contributed by atoms with Crippen LogP contribution in [0.4, 0.5) is 10.8 Å². The number of benzene rings is 1. The SMILES string of the molecule is Cc1ccc(C(=O)Nc2nccs2)c(NN)c1. The first-order chi connectivity index (χ1) is 8.20. The molecule has 17 heavy (non-hydrogen) atoms. The van der Waals surface area contributed by atoms with E-state index in [0.29, 0.717) is 16.4 Å². The van der Waals surface area contributed by atoms with Crippen LogP contribution in [0.5, 0.6) is 0 Å². The van der Waals surface area contributed by atoms with Gasteiger partial charge in [-0.25, -0.2) is 4.98 Å². The van der Waals surface area contributed by atoms with Gasteiger partial charge in [0.2, 0.25) is 0 Å². The molecule has 6 heteroatoms. The van der Waals surface area contributed by atoms with Gasteiger partial charge in [0.1, 0.15) is 0 Å². The van der Waals surface area contributed by atoms with E-state index in [-0.39, 0.29) is 5.91 Å². The van der Waals surface area contributed by atoms with Crippen molar-refractivity contribution in [2.75, 3.05) is 10.7 Å². The van der Waals surface area contributed by atoms with Crippen LogP contribution in [0.25, 0.3) is 0 Å². The zero-order valence-corrected chi connectivity index (χ0v) is 10.0. The second kappa shape index (κ2) is 4.94. The fourth-order valence-corrected chi connectivity index (χ4v) is 1.95. The van der Waals surface area contributed by atoms with Gasteiger partial charge < -0.3 is 5.43 Å². The molecule has 2 aromatic rings. The van der Waals surface area contributed by atoms with Gasteiger partial charge in [-0.15, -0.1) is 11.3 Å². The van der Waals surface area contributed by atoms with Gasteiger partial charge in [0.15, 0.2) is 5.13 Å². The molecule has 0 aliphatic rings. The number of anilines is 2. The summed E-state index contributed by atoms with van der Waals surface area (Å²) >= 11 is 1.37. The number of amides is 1. The number of carbonyl (C=O) groups excluding carboxylic acids is 1. The molecular formula is C11H12N4OS. The first-order valence-electron chi connectivity index (χ1n) is 4.99. The van der Waals surface area contributed by atoms with Crippen molar-refractivity contribution in [3.8, 4) is 0 Å². The fraction of sp³-hybridized carbons (Fsp3) is 0.0909. The lowest BCUT2D eigenvalue weighted by molar-refractivity contribution is 0.102. The van der Waals surface area contributed by atoms with E-state index >= 15 is 0 Å². The Bertz CT molecular complexity index is 524. The van der Waals surface area contributed by atoms with Crippen molar-refractivity contribution in [2.24, 2.45) is 5.84 Å². The van der Waals surface area contributed by atoms with Gasteiger partial charge in [0.05, 0.1) is 11.3 Å². The van der Waals surface area contributed by atoms with Crippen LogP contribution in [0.15, 0.2) is 29.8 Å². The standard InChI is InChI=1S/C11H12N4OS/c1-7-2-3-8(9(6-7)15-12)10(16)14-11-13-4-5-17-11/h2-6,15H,12H2,1H3,(H,13,14,16). The van der Waals surface area contributed by atoms with E-state index in [1.54, 1.807) is 17.6 Å². The summed E-state index contributed by atoms with van der Waals surface area (Å²) in [5.74, 6) is 5.16. The van der Waals surface area contributed by atoms with Crippen LogP contribution in [-0.4, -0.2) is 10.9 Å². The summed E-state index contributed by atoms with van der Waals surface area (Å²) in [6.45, 7) is 1.93. The van der Waals surface area contributed by atoms with Crippen LogP contribution in [-0.2, 0) is 0 Å². The molecule has 88 valence electrons. The Labute approximate surface area is 103 Å². The molecule has 0 spiro atoms. The molecule has 0 radical (unpaired) electrons. The molecule has 0 saturated carbocycles. The van der Waals surface area contributed by atoms with Crippen LogP contribution < -0.4 is 16.6 Å². The number of hydrogen-bond donors (Lipinski definition) is 3. The molecule has 0 bridgehead atoms. The Morgan fingerprint density at radius 2 is 2.29 bits per heavy atom. The molecule has 5 nitrogen and oxygen atoms in total. The lowest BCUT2D eigenvalue weighted by Gasteiger charge is -2.09. The highest BCUT2D eigenvalue weighted by molar-refractivity contribution is 7.13. The zero-order chi connectivity index (χ0) is 12.3. The second-order valence-electron chi connectivity index (χ2n) is 3.48. The van der Waals surface area contributed by atoms with Crippen molar-refractivity contribution >= 4 is 28.1 Å². The van der Waals surface area contributed by atoms with Crippen molar-refractivity contribution in [3.63, 3.8) is 0 Å². The topological polar surface area (TPSA) is 80.0 Å². The van der Waals surface area contributed by atoms with Crippen LogP contribution in [0.1, 0.15) is 15.9 Å². The molecular weight excluding hydrogens is 236 g/mol. The molecule has 0 atom stereocenters. The Balaban J connectivity index is 2.24. The normalized spacial score (nSPS) is 10.0. The number of hydrazine groups is 1. The van der Waals surface area contributed by atoms with Crippen molar-refractivity contribution < 1.29 is 4.79 Å². The largest absolute Gasteiger partial charge is 0.323 e. The number of thiazole rings is 1. The number of carbonyl (C=O) groups is 1. The number of nitrogen functional groups attached to an aromatic ring is 1. The van der Waals surface area contributed by atoms with E-state index in [1.807, 2.05) is 19.1 Å². The number of hydrogen-bond acceptors (Lipinski definition) is 5. The molecule has 0 aliphatic heterocycles. The quantitative estimate of drug-likeness (QED) is 0.573. The highest BCUT2D eigenvalue weighted by atomic mass is 32.1. The van der Waals surface area contributed by atoms with E-state index in [9.17, 15) is 4.79 Å². The third-order valence-electron chi connectivity index (χ3n) is 2.23. The van der Waals surface area contributed by atoms with E-state index < -0.39 is 0 Å². The van der Waals surface area contributed by atoms with Crippen molar-refractivity contribution in [1.29, 1.82) is 0 Å². The number of rotatable bonds is 3. The average molecular weight is 248 g/mol. The molecule has 1 heterocycles. The lowest BCUT2D eigenvalue weighted by Crippen LogP contribution is -2.17. The van der Waals surface area contributed by atoms with E-state index in [1.165, 1.54) is 11.3 Å². The predicted octanol–water partition coefficient (Wildman–Crippen LogP) is 1.99. The number of aromatic nitrogens is 1. The number of nitrogens with zero attached hydrogens (tertiary/aromatic N) is 1. The van der Waals surface area contributed by atoms with Crippen molar-refractivity contribution in [1.82, 2.24) is 4.98 Å². The van der Waals surface area contributed by atoms with E-state index in [4.69, 9.17) is 5.84 Å². The minimum absolute atomic E-state index is 0.229. The van der Waals surface area contributed by atoms with Crippen LogP contribution in [0.2, 0.25) is 0 Å². The van der Waals surface area contributed by atoms with Crippen molar-refractivity contribution in [2.45, 2.75) is 6.92 Å². The second-order valence-corrected chi connectivity index (χ2v) is 4.38. The Kier molecular flexibility index (Phi) is 3.36. The van der Waals surface area contributed by atoms with Crippen LogP contribution in [0.3, 0.4) is 0 Å². The smallest absolute Gasteiger partial charge is 0.259 e. The van der Waals surface area contributed by atoms with Gasteiger partial charge in [-0.2, -0.15) is 0 Å². The summed E-state index contributed by atoms with van der Waals surface area (Å²) in [6, 6.07) is 5.40. The molecule has 0 fully saturated rings. The van der Waals surface area contributed by atoms with E-state index in [2.05, 4.69) is 15.7 Å². The summed E-state index contributed by atoms with van der Waals surface area (Å²) in [6.07, 6.45) is 1.64. The van der Waals surface area contributed by atoms with Gasteiger partial charge in [0, 0.05) is 11.6 Å². The fourth-order valence-electron chi connectivity index (χ4n) is 1.43. The van der Waals surface area contributed by atoms with Gasteiger partial charge in [-0.3, -0.25) is 16.0 Å². The first kappa shape index (κ1) is 11.6. The minimum Gasteiger partial charge on any atom is -0.323 e. The van der Waals surface area contributed by atoms with Crippen LogP contribution in [0, 0.1) is 6.92 Å². The maximum atomic E-state index is 12.0. The molecule has 0 unspecified atom stereocenters. The molecule has 2 rings (SSSR count). The number of nitrogens with one attached hydrogen (secondary N) is 2. The first-order valence-corrected chi connectivity index (χ1v) is 5.87.